The number of ketones is 1. The Hall–Kier alpha value is -1.39. The highest BCUT2D eigenvalue weighted by atomic mass is 16.4. The van der Waals surface area contributed by atoms with Crippen molar-refractivity contribution >= 4 is 17.7 Å². The van der Waals surface area contributed by atoms with Gasteiger partial charge in [0.25, 0.3) is 5.97 Å². The van der Waals surface area contributed by atoms with E-state index in [0.29, 0.717) is 12.8 Å². The molecule has 0 aliphatic carbocycles. The first kappa shape index (κ1) is 16.1. The summed E-state index contributed by atoms with van der Waals surface area (Å²) in [5.41, 5.74) is -1.14. The summed E-state index contributed by atoms with van der Waals surface area (Å²) in [6.45, 7) is 5.86. The van der Waals surface area contributed by atoms with Gasteiger partial charge in [0, 0.05) is 6.92 Å². The van der Waals surface area contributed by atoms with E-state index in [0.717, 1.165) is 6.92 Å². The summed E-state index contributed by atoms with van der Waals surface area (Å²) in [5, 5.41) is 16.2. The number of carboxylic acids is 2. The third-order valence-electron chi connectivity index (χ3n) is 2.29. The maximum atomic E-state index is 11.0. The minimum absolute atomic E-state index is 0.255. The second kappa shape index (κ2) is 6.98. The molecule has 0 bridgehead atoms. The van der Waals surface area contributed by atoms with Crippen LogP contribution in [0, 0.1) is 5.41 Å². The van der Waals surface area contributed by atoms with Crippen molar-refractivity contribution in [1.29, 1.82) is 0 Å². The van der Waals surface area contributed by atoms with Crippen molar-refractivity contribution in [1.82, 2.24) is 0 Å². The molecule has 0 radical (unpaired) electrons. The molecule has 0 fully saturated rings. The second-order valence-electron chi connectivity index (χ2n) is 3.17. The summed E-state index contributed by atoms with van der Waals surface area (Å²) in [5.74, 6) is -2.09. The van der Waals surface area contributed by atoms with Crippen LogP contribution in [0.4, 0.5) is 0 Å². The van der Waals surface area contributed by atoms with E-state index in [1.54, 1.807) is 13.8 Å². The Labute approximate surface area is 89.1 Å². The highest BCUT2D eigenvalue weighted by molar-refractivity contribution is 6.01. The summed E-state index contributed by atoms with van der Waals surface area (Å²) in [4.78, 5) is 30.7. The van der Waals surface area contributed by atoms with Crippen LogP contribution in [0.25, 0.3) is 0 Å². The molecule has 0 aliphatic rings. The Morgan fingerprint density at radius 1 is 1.00 bits per heavy atom. The van der Waals surface area contributed by atoms with Gasteiger partial charge in [0.15, 0.2) is 0 Å². The largest absolute Gasteiger partial charge is 0.481 e. The van der Waals surface area contributed by atoms with E-state index in [1.165, 1.54) is 6.92 Å². The van der Waals surface area contributed by atoms with Gasteiger partial charge in [-0.25, -0.2) is 0 Å². The molecule has 0 aromatic carbocycles. The summed E-state index contributed by atoms with van der Waals surface area (Å²) in [6.07, 6.45) is 0.738. The summed E-state index contributed by atoms with van der Waals surface area (Å²) in [7, 11) is 0. The van der Waals surface area contributed by atoms with Gasteiger partial charge in [0.1, 0.15) is 11.2 Å². The Balaban J connectivity index is 0. The van der Waals surface area contributed by atoms with Crippen LogP contribution in [-0.2, 0) is 14.4 Å². The predicted octanol–water partition coefficient (Wildman–Crippen LogP) is 1.56. The van der Waals surface area contributed by atoms with Crippen LogP contribution in [0.2, 0.25) is 0 Å². The summed E-state index contributed by atoms with van der Waals surface area (Å²) >= 11 is 0. The molecule has 0 aromatic heterocycles. The number of carbonyl (C=O) groups is 3. The van der Waals surface area contributed by atoms with Gasteiger partial charge in [0.2, 0.25) is 0 Å². The normalized spacial score (nSPS) is 9.87. The van der Waals surface area contributed by atoms with Crippen LogP contribution in [0.15, 0.2) is 0 Å². The minimum atomic E-state index is -1.14. The van der Waals surface area contributed by atoms with Crippen LogP contribution in [-0.4, -0.2) is 27.9 Å². The number of carbonyl (C=O) groups excluding carboxylic acids is 1. The van der Waals surface area contributed by atoms with Crippen LogP contribution in [0.5, 0.6) is 0 Å². The van der Waals surface area contributed by atoms with Crippen LogP contribution in [0.3, 0.4) is 0 Å². The zero-order valence-corrected chi connectivity index (χ0v) is 9.53. The molecule has 0 heterocycles. The van der Waals surface area contributed by atoms with Gasteiger partial charge in [0.05, 0.1) is 0 Å². The first-order valence-corrected chi connectivity index (χ1v) is 4.68. The fourth-order valence-corrected chi connectivity index (χ4v) is 1.20. The Morgan fingerprint density at radius 2 is 1.27 bits per heavy atom. The van der Waals surface area contributed by atoms with Gasteiger partial charge in [-0.3, -0.25) is 14.4 Å². The highest BCUT2D eigenvalue weighted by Gasteiger charge is 2.39. The van der Waals surface area contributed by atoms with Crippen molar-refractivity contribution in [3.8, 4) is 0 Å². The molecular formula is C10H18O5. The first-order valence-electron chi connectivity index (χ1n) is 4.68. The Morgan fingerprint density at radius 3 is 1.27 bits per heavy atom. The maximum absolute atomic E-state index is 11.0. The van der Waals surface area contributed by atoms with E-state index in [4.69, 9.17) is 15.0 Å². The highest BCUT2D eigenvalue weighted by Crippen LogP contribution is 2.27. The molecule has 0 saturated heterocycles. The van der Waals surface area contributed by atoms with Gasteiger partial charge in [-0.15, -0.1) is 0 Å². The molecule has 15 heavy (non-hydrogen) atoms. The van der Waals surface area contributed by atoms with E-state index >= 15 is 0 Å². The smallest absolute Gasteiger partial charge is 0.317 e. The molecule has 0 amide bonds. The van der Waals surface area contributed by atoms with Gasteiger partial charge in [-0.05, 0) is 19.8 Å². The molecule has 0 atom stereocenters. The second-order valence-corrected chi connectivity index (χ2v) is 3.17. The van der Waals surface area contributed by atoms with Crippen molar-refractivity contribution in [3.05, 3.63) is 0 Å². The lowest BCUT2D eigenvalue weighted by Crippen LogP contribution is -2.36. The zero-order chi connectivity index (χ0) is 12.6. The zero-order valence-electron chi connectivity index (χ0n) is 9.53. The average molecular weight is 218 g/mol. The van der Waals surface area contributed by atoms with Gasteiger partial charge >= 0.3 is 5.97 Å². The molecule has 0 aliphatic heterocycles. The molecule has 0 rings (SSSR count). The molecule has 5 heteroatoms. The first-order chi connectivity index (χ1) is 6.74. The molecule has 0 unspecified atom stereocenters. The van der Waals surface area contributed by atoms with Crippen molar-refractivity contribution in [2.75, 3.05) is 0 Å². The molecule has 0 spiro atoms. The molecule has 88 valence electrons. The number of rotatable bonds is 4. The van der Waals surface area contributed by atoms with Gasteiger partial charge < -0.3 is 10.2 Å². The number of hydrogen-bond acceptors (Lipinski definition) is 3. The van der Waals surface area contributed by atoms with Crippen molar-refractivity contribution in [3.63, 3.8) is 0 Å². The van der Waals surface area contributed by atoms with Crippen molar-refractivity contribution < 1.29 is 24.6 Å². The molecule has 0 saturated carbocycles. The van der Waals surface area contributed by atoms with E-state index < -0.39 is 17.4 Å². The lowest BCUT2D eigenvalue weighted by Gasteiger charge is -2.22. The Bertz CT molecular complexity index is 220. The van der Waals surface area contributed by atoms with E-state index in [-0.39, 0.29) is 5.78 Å². The van der Waals surface area contributed by atoms with Gasteiger partial charge in [-0.1, -0.05) is 13.8 Å². The molecular weight excluding hydrogens is 200 g/mol. The fourth-order valence-electron chi connectivity index (χ4n) is 1.20. The van der Waals surface area contributed by atoms with E-state index in [1.807, 2.05) is 0 Å². The fraction of sp³-hybridized carbons (Fsp3) is 0.700. The standard InChI is InChI=1S/C8H14O3.C2H4O2/c1-4-8(5-2,6(3)9)7(10)11;1-2(3)4/h4-5H2,1-3H3,(H,10,11);1H3,(H,3,4). The third kappa shape index (κ3) is 5.15. The van der Waals surface area contributed by atoms with Crippen LogP contribution in [0.1, 0.15) is 40.5 Å². The monoisotopic (exact) mass is 218 g/mol. The summed E-state index contributed by atoms with van der Waals surface area (Å²) in [6, 6.07) is 0. The van der Waals surface area contributed by atoms with Crippen LogP contribution >= 0.6 is 0 Å². The quantitative estimate of drug-likeness (QED) is 0.698. The topological polar surface area (TPSA) is 91.7 Å². The number of hydrogen-bond donors (Lipinski definition) is 2. The van der Waals surface area contributed by atoms with E-state index in [9.17, 15) is 9.59 Å². The third-order valence-corrected chi connectivity index (χ3v) is 2.29. The SMILES string of the molecule is CC(=O)O.CCC(CC)(C(C)=O)C(=O)O. The predicted molar refractivity (Wildman–Crippen MR) is 54.6 cm³/mol. The summed E-state index contributed by atoms with van der Waals surface area (Å²) < 4.78 is 0. The Kier molecular flexibility index (Phi) is 7.47. The van der Waals surface area contributed by atoms with Gasteiger partial charge in [-0.2, -0.15) is 0 Å². The number of aliphatic carboxylic acids is 2. The maximum Gasteiger partial charge on any atom is 0.317 e. The lowest BCUT2D eigenvalue weighted by atomic mass is 9.79. The minimum Gasteiger partial charge on any atom is -0.481 e. The lowest BCUT2D eigenvalue weighted by molar-refractivity contribution is -0.154. The number of Topliss-reactive ketones (excluding diaryl/α,β-unsaturated/α-hetero) is 1. The average Bonchev–Trinajstić information content (AvgIpc) is 2.04. The van der Waals surface area contributed by atoms with Crippen molar-refractivity contribution in [2.24, 2.45) is 5.41 Å². The molecule has 0 aromatic rings. The van der Waals surface area contributed by atoms with E-state index in [2.05, 4.69) is 0 Å². The molecule has 2 N–H and O–H groups in total. The van der Waals surface area contributed by atoms with Crippen molar-refractivity contribution in [2.45, 2.75) is 40.5 Å². The number of carboxylic acid groups (broad SMARTS) is 2. The van der Waals surface area contributed by atoms with Crippen LogP contribution < -0.4 is 0 Å². The molecule has 5 nitrogen and oxygen atoms in total.